The third-order valence-electron chi connectivity index (χ3n) is 1.77. The van der Waals surface area contributed by atoms with Gasteiger partial charge in [0.25, 0.3) is 0 Å². The first-order valence-corrected chi connectivity index (χ1v) is 4.27. The van der Waals surface area contributed by atoms with Gasteiger partial charge in [-0.2, -0.15) is 0 Å². The molecule has 1 rings (SSSR count). The zero-order valence-electron chi connectivity index (χ0n) is 7.30. The van der Waals surface area contributed by atoms with Gasteiger partial charge in [-0.3, -0.25) is 0 Å². The summed E-state index contributed by atoms with van der Waals surface area (Å²) in [6.07, 6.45) is 0.561. The van der Waals surface area contributed by atoms with Crippen LogP contribution in [0, 0.1) is 0 Å². The van der Waals surface area contributed by atoms with Gasteiger partial charge >= 0.3 is 0 Å². The van der Waals surface area contributed by atoms with Gasteiger partial charge in [0.05, 0.1) is 18.8 Å². The van der Waals surface area contributed by atoms with E-state index >= 15 is 0 Å². The molecule has 0 aliphatic carbocycles. The first-order chi connectivity index (χ1) is 5.33. The fraction of sp³-hybridized carbons (Fsp3) is 1.00. The number of ether oxygens (including phenoxy) is 2. The van der Waals surface area contributed by atoms with Crippen molar-refractivity contribution in [2.24, 2.45) is 0 Å². The minimum Gasteiger partial charge on any atom is -0.375 e. The minimum absolute atomic E-state index is 0.241. The van der Waals surface area contributed by atoms with Gasteiger partial charge in [-0.1, -0.05) is 0 Å². The van der Waals surface area contributed by atoms with Crippen molar-refractivity contribution in [2.45, 2.75) is 26.1 Å². The van der Waals surface area contributed by atoms with Crippen molar-refractivity contribution < 1.29 is 9.47 Å². The average molecular weight is 159 g/mol. The lowest BCUT2D eigenvalue weighted by Crippen LogP contribution is -2.29. The standard InChI is InChI=1S/C8H17NO2/c1-3-10-8-5-9-4-7(2)11-6-8/h7-9H,3-6H2,1-2H3. The molecule has 0 aromatic carbocycles. The van der Waals surface area contributed by atoms with Crippen LogP contribution in [0.2, 0.25) is 0 Å². The van der Waals surface area contributed by atoms with E-state index in [0.29, 0.717) is 6.10 Å². The summed E-state index contributed by atoms with van der Waals surface area (Å²) in [6, 6.07) is 0. The summed E-state index contributed by atoms with van der Waals surface area (Å²) in [7, 11) is 0. The molecule has 0 spiro atoms. The maximum atomic E-state index is 5.48. The highest BCUT2D eigenvalue weighted by Crippen LogP contribution is 2.00. The molecule has 1 aliphatic heterocycles. The topological polar surface area (TPSA) is 30.5 Å². The highest BCUT2D eigenvalue weighted by atomic mass is 16.5. The maximum Gasteiger partial charge on any atom is 0.0932 e. The number of rotatable bonds is 2. The van der Waals surface area contributed by atoms with Crippen LogP contribution in [0.25, 0.3) is 0 Å². The largest absolute Gasteiger partial charge is 0.375 e. The summed E-state index contributed by atoms with van der Waals surface area (Å²) in [5.41, 5.74) is 0. The van der Waals surface area contributed by atoms with Crippen LogP contribution < -0.4 is 5.32 Å². The van der Waals surface area contributed by atoms with E-state index in [2.05, 4.69) is 12.2 Å². The molecule has 1 heterocycles. The lowest BCUT2D eigenvalue weighted by Gasteiger charge is -2.13. The van der Waals surface area contributed by atoms with Gasteiger partial charge in [0.2, 0.25) is 0 Å². The van der Waals surface area contributed by atoms with E-state index in [1.54, 1.807) is 0 Å². The molecule has 3 heteroatoms. The lowest BCUT2D eigenvalue weighted by molar-refractivity contribution is -0.0156. The van der Waals surface area contributed by atoms with Gasteiger partial charge in [0.1, 0.15) is 0 Å². The highest BCUT2D eigenvalue weighted by molar-refractivity contribution is 4.68. The van der Waals surface area contributed by atoms with E-state index in [1.165, 1.54) is 0 Å². The molecule has 0 aromatic heterocycles. The molecule has 0 bridgehead atoms. The van der Waals surface area contributed by atoms with E-state index < -0.39 is 0 Å². The molecule has 0 aromatic rings. The zero-order valence-corrected chi connectivity index (χ0v) is 7.30. The van der Waals surface area contributed by atoms with Gasteiger partial charge in [-0.05, 0) is 13.8 Å². The third-order valence-corrected chi connectivity index (χ3v) is 1.77. The number of hydrogen-bond donors (Lipinski definition) is 1. The van der Waals surface area contributed by atoms with Gasteiger partial charge < -0.3 is 14.8 Å². The minimum atomic E-state index is 0.241. The van der Waals surface area contributed by atoms with E-state index in [4.69, 9.17) is 9.47 Å². The third kappa shape index (κ3) is 3.18. The Hall–Kier alpha value is -0.120. The predicted octanol–water partition coefficient (Wildman–Crippen LogP) is 0.400. The number of nitrogens with one attached hydrogen (secondary N) is 1. The number of hydrogen-bond acceptors (Lipinski definition) is 3. The fourth-order valence-corrected chi connectivity index (χ4v) is 1.18. The van der Waals surface area contributed by atoms with Crippen LogP contribution in [0.1, 0.15) is 13.8 Å². The van der Waals surface area contributed by atoms with Crippen molar-refractivity contribution in [3.63, 3.8) is 0 Å². The zero-order chi connectivity index (χ0) is 8.10. The van der Waals surface area contributed by atoms with Crippen molar-refractivity contribution in [1.29, 1.82) is 0 Å². The van der Waals surface area contributed by atoms with Crippen molar-refractivity contribution in [2.75, 3.05) is 26.3 Å². The average Bonchev–Trinajstić information content (AvgIpc) is 2.17. The molecule has 1 saturated heterocycles. The summed E-state index contributed by atoms with van der Waals surface area (Å²) < 4.78 is 10.9. The maximum absolute atomic E-state index is 5.48. The van der Waals surface area contributed by atoms with Gasteiger partial charge in [-0.25, -0.2) is 0 Å². The first kappa shape index (κ1) is 8.97. The van der Waals surface area contributed by atoms with Crippen molar-refractivity contribution in [3.05, 3.63) is 0 Å². The molecule has 1 N–H and O–H groups in total. The van der Waals surface area contributed by atoms with E-state index in [-0.39, 0.29) is 6.10 Å². The van der Waals surface area contributed by atoms with Crippen molar-refractivity contribution in [3.8, 4) is 0 Å². The molecule has 66 valence electrons. The smallest absolute Gasteiger partial charge is 0.0932 e. The lowest BCUT2D eigenvalue weighted by atomic mass is 10.4. The Morgan fingerprint density at radius 2 is 2.36 bits per heavy atom. The quantitative estimate of drug-likeness (QED) is 0.632. The van der Waals surface area contributed by atoms with Gasteiger partial charge in [-0.15, -0.1) is 0 Å². The molecule has 1 fully saturated rings. The second-order valence-corrected chi connectivity index (χ2v) is 2.88. The molecule has 0 saturated carbocycles. The Morgan fingerprint density at radius 3 is 3.09 bits per heavy atom. The van der Waals surface area contributed by atoms with E-state index in [1.807, 2.05) is 6.92 Å². The summed E-state index contributed by atoms with van der Waals surface area (Å²) in [5.74, 6) is 0. The van der Waals surface area contributed by atoms with Crippen LogP contribution >= 0.6 is 0 Å². The highest BCUT2D eigenvalue weighted by Gasteiger charge is 2.15. The molecular weight excluding hydrogens is 142 g/mol. The molecule has 3 nitrogen and oxygen atoms in total. The fourth-order valence-electron chi connectivity index (χ4n) is 1.18. The van der Waals surface area contributed by atoms with Crippen LogP contribution in [0.3, 0.4) is 0 Å². The van der Waals surface area contributed by atoms with Crippen LogP contribution in [0.5, 0.6) is 0 Å². The molecular formula is C8H17NO2. The second kappa shape index (κ2) is 4.70. The Balaban J connectivity index is 2.22. The molecule has 2 atom stereocenters. The summed E-state index contributed by atoms with van der Waals surface area (Å²) in [5, 5.41) is 3.28. The monoisotopic (exact) mass is 159 g/mol. The van der Waals surface area contributed by atoms with Crippen LogP contribution in [-0.4, -0.2) is 38.5 Å². The SMILES string of the molecule is CCOC1CNCC(C)OC1. The predicted molar refractivity (Wildman–Crippen MR) is 43.7 cm³/mol. The molecule has 11 heavy (non-hydrogen) atoms. The van der Waals surface area contributed by atoms with Crippen LogP contribution in [0.15, 0.2) is 0 Å². The molecule has 2 unspecified atom stereocenters. The van der Waals surface area contributed by atoms with E-state index in [0.717, 1.165) is 26.3 Å². The van der Waals surface area contributed by atoms with Crippen LogP contribution in [0.4, 0.5) is 0 Å². The van der Waals surface area contributed by atoms with Crippen molar-refractivity contribution in [1.82, 2.24) is 5.32 Å². The normalized spacial score (nSPS) is 33.3. The van der Waals surface area contributed by atoms with Crippen LogP contribution in [-0.2, 0) is 9.47 Å². The Bertz CT molecular complexity index is 108. The van der Waals surface area contributed by atoms with E-state index in [9.17, 15) is 0 Å². The second-order valence-electron chi connectivity index (χ2n) is 2.88. The van der Waals surface area contributed by atoms with Gasteiger partial charge in [0.15, 0.2) is 0 Å². The first-order valence-electron chi connectivity index (χ1n) is 4.27. The molecule has 0 radical (unpaired) electrons. The summed E-state index contributed by atoms with van der Waals surface area (Å²) in [4.78, 5) is 0. The molecule has 0 amide bonds. The summed E-state index contributed by atoms with van der Waals surface area (Å²) >= 11 is 0. The Labute approximate surface area is 68.1 Å². The van der Waals surface area contributed by atoms with Gasteiger partial charge in [0, 0.05) is 19.7 Å². The van der Waals surface area contributed by atoms with Crippen molar-refractivity contribution >= 4 is 0 Å². The Morgan fingerprint density at radius 1 is 1.55 bits per heavy atom. The molecule has 1 aliphatic rings. The summed E-state index contributed by atoms with van der Waals surface area (Å²) in [6.45, 7) is 7.42. The Kier molecular flexibility index (Phi) is 3.83.